The molecule has 0 radical (unpaired) electrons. The lowest BCUT2D eigenvalue weighted by Gasteiger charge is -2.43. The Bertz CT molecular complexity index is 1300. The molecule has 3 aromatic carbocycles. The van der Waals surface area contributed by atoms with Crippen LogP contribution in [0.1, 0.15) is 57.2 Å². The molecule has 4 nitrogen and oxygen atoms in total. The summed E-state index contributed by atoms with van der Waals surface area (Å²) >= 11 is 0. The molecule has 0 spiro atoms. The summed E-state index contributed by atoms with van der Waals surface area (Å²) in [7, 11) is -0.638. The highest BCUT2D eigenvalue weighted by atomic mass is 28.4. The van der Waals surface area contributed by atoms with E-state index in [2.05, 4.69) is 118 Å². The van der Waals surface area contributed by atoms with E-state index in [4.69, 9.17) is 4.43 Å². The van der Waals surface area contributed by atoms with Gasteiger partial charge in [0, 0.05) is 32.3 Å². The van der Waals surface area contributed by atoms with Crippen molar-refractivity contribution >= 4 is 24.5 Å². The SMILES string of the molecule is CC(=O)c1nc(-c2ccc(C[C@H](C)CCO[Si](c3ccccc3)(c3ccccc3)C(C)(C)C)cc2)cn1C. The molecule has 4 rings (SSSR count). The maximum absolute atomic E-state index is 11.8. The number of imidazole rings is 1. The van der Waals surface area contributed by atoms with Crippen molar-refractivity contribution in [2.45, 2.75) is 52.5 Å². The van der Waals surface area contributed by atoms with Crippen molar-refractivity contribution in [1.82, 2.24) is 9.55 Å². The lowest BCUT2D eigenvalue weighted by atomic mass is 9.97. The number of ketones is 1. The number of hydrogen-bond donors (Lipinski definition) is 0. The van der Waals surface area contributed by atoms with Crippen molar-refractivity contribution in [3.05, 3.63) is 103 Å². The topological polar surface area (TPSA) is 44.1 Å². The third-order valence-corrected chi connectivity index (χ3v) is 12.4. The first-order valence-electron chi connectivity index (χ1n) is 13.5. The molecule has 0 bridgehead atoms. The largest absolute Gasteiger partial charge is 0.407 e. The fourth-order valence-electron chi connectivity index (χ4n) is 5.42. The normalized spacial score (nSPS) is 12.9. The Morgan fingerprint density at radius 1 is 0.921 bits per heavy atom. The average Bonchev–Trinajstić information content (AvgIpc) is 3.29. The van der Waals surface area contributed by atoms with Crippen LogP contribution in [0.15, 0.2) is 91.1 Å². The van der Waals surface area contributed by atoms with Gasteiger partial charge in [0.25, 0.3) is 8.32 Å². The molecule has 5 heteroatoms. The van der Waals surface area contributed by atoms with Crippen molar-refractivity contribution in [3.63, 3.8) is 0 Å². The summed E-state index contributed by atoms with van der Waals surface area (Å²) in [6.07, 6.45) is 3.90. The van der Waals surface area contributed by atoms with Crippen LogP contribution in [-0.4, -0.2) is 30.3 Å². The maximum Gasteiger partial charge on any atom is 0.261 e. The van der Waals surface area contributed by atoms with Gasteiger partial charge in [-0.25, -0.2) is 4.98 Å². The second-order valence-electron chi connectivity index (χ2n) is 11.4. The van der Waals surface area contributed by atoms with E-state index in [1.807, 2.05) is 13.2 Å². The van der Waals surface area contributed by atoms with Gasteiger partial charge in [0.15, 0.2) is 11.6 Å². The Hall–Kier alpha value is -3.28. The summed E-state index contributed by atoms with van der Waals surface area (Å²) in [5.74, 6) is 0.946. The van der Waals surface area contributed by atoms with Crippen LogP contribution in [0, 0.1) is 5.92 Å². The zero-order chi connectivity index (χ0) is 27.3. The van der Waals surface area contributed by atoms with Crippen molar-refractivity contribution in [2.24, 2.45) is 13.0 Å². The van der Waals surface area contributed by atoms with Gasteiger partial charge in [-0.15, -0.1) is 0 Å². The minimum Gasteiger partial charge on any atom is -0.407 e. The average molecular weight is 525 g/mol. The van der Waals surface area contributed by atoms with Gasteiger partial charge in [-0.2, -0.15) is 0 Å². The highest BCUT2D eigenvalue weighted by Crippen LogP contribution is 2.37. The fraction of sp³-hybridized carbons (Fsp3) is 0.333. The highest BCUT2D eigenvalue weighted by Gasteiger charge is 2.50. The number of carbonyl (C=O) groups is 1. The number of nitrogens with zero attached hydrogens (tertiary/aromatic N) is 2. The monoisotopic (exact) mass is 524 g/mol. The Morgan fingerprint density at radius 2 is 1.47 bits per heavy atom. The molecule has 4 aromatic rings. The van der Waals surface area contributed by atoms with Crippen LogP contribution < -0.4 is 10.4 Å². The van der Waals surface area contributed by atoms with Crippen molar-refractivity contribution in [2.75, 3.05) is 6.61 Å². The number of hydrogen-bond acceptors (Lipinski definition) is 3. The van der Waals surface area contributed by atoms with E-state index >= 15 is 0 Å². The standard InChI is InChI=1S/C33H40N2O2Si/c1-25(23-27-17-19-28(20-18-27)31-24-35(6)32(34-31)26(2)36)21-22-37-38(33(3,4)5,29-13-9-7-10-14-29)30-15-11-8-12-16-30/h7-20,24-25H,21-23H2,1-6H3/t25-/m1/s1. The quantitative estimate of drug-likeness (QED) is 0.177. The van der Waals surface area contributed by atoms with Gasteiger partial charge in [0.05, 0.1) is 5.69 Å². The van der Waals surface area contributed by atoms with Crippen molar-refractivity contribution in [3.8, 4) is 11.3 Å². The molecule has 0 unspecified atom stereocenters. The fourth-order valence-corrected chi connectivity index (χ4v) is 10.0. The summed E-state index contributed by atoms with van der Waals surface area (Å²) < 4.78 is 8.88. The molecule has 0 saturated carbocycles. The minimum absolute atomic E-state index is 0.0114. The molecule has 0 fully saturated rings. The van der Waals surface area contributed by atoms with Crippen LogP contribution in [0.4, 0.5) is 0 Å². The maximum atomic E-state index is 11.8. The molecule has 0 N–H and O–H groups in total. The van der Waals surface area contributed by atoms with Gasteiger partial charge in [-0.3, -0.25) is 4.79 Å². The Morgan fingerprint density at radius 3 is 1.95 bits per heavy atom. The van der Waals surface area contributed by atoms with E-state index in [1.165, 1.54) is 15.9 Å². The number of aryl methyl sites for hydroxylation is 1. The van der Waals surface area contributed by atoms with Crippen molar-refractivity contribution in [1.29, 1.82) is 0 Å². The lowest BCUT2D eigenvalue weighted by molar-refractivity contribution is 0.100. The van der Waals surface area contributed by atoms with Crippen LogP contribution in [0.2, 0.25) is 5.04 Å². The third-order valence-electron chi connectivity index (χ3n) is 7.37. The summed E-state index contributed by atoms with van der Waals surface area (Å²) in [4.78, 5) is 16.3. The van der Waals surface area contributed by atoms with E-state index < -0.39 is 8.32 Å². The van der Waals surface area contributed by atoms with Crippen molar-refractivity contribution < 1.29 is 9.22 Å². The first kappa shape index (κ1) is 27.7. The second kappa shape index (κ2) is 11.6. The van der Waals surface area contributed by atoms with Gasteiger partial charge < -0.3 is 8.99 Å². The first-order chi connectivity index (χ1) is 18.1. The molecule has 0 aliphatic carbocycles. The molecular formula is C33H40N2O2Si. The molecule has 1 heterocycles. The van der Waals surface area contributed by atoms with E-state index in [0.717, 1.165) is 30.7 Å². The Labute approximate surface area is 228 Å². The number of aromatic nitrogens is 2. The lowest BCUT2D eigenvalue weighted by Crippen LogP contribution is -2.66. The van der Waals surface area contributed by atoms with Crippen LogP contribution in [-0.2, 0) is 17.9 Å². The predicted octanol–water partition coefficient (Wildman–Crippen LogP) is 6.44. The first-order valence-corrected chi connectivity index (χ1v) is 15.4. The third kappa shape index (κ3) is 5.90. The zero-order valence-corrected chi connectivity index (χ0v) is 24.6. The molecule has 38 heavy (non-hydrogen) atoms. The number of rotatable bonds is 10. The molecule has 198 valence electrons. The number of benzene rings is 3. The van der Waals surface area contributed by atoms with E-state index in [0.29, 0.717) is 11.7 Å². The Balaban J connectivity index is 1.46. The Kier molecular flexibility index (Phi) is 8.49. The van der Waals surface area contributed by atoms with E-state index in [9.17, 15) is 4.79 Å². The molecular weight excluding hydrogens is 484 g/mol. The van der Waals surface area contributed by atoms with Gasteiger partial charge in [-0.1, -0.05) is 113 Å². The summed E-state index contributed by atoms with van der Waals surface area (Å²) in [5.41, 5.74) is 3.16. The van der Waals surface area contributed by atoms with Crippen LogP contribution in [0.5, 0.6) is 0 Å². The van der Waals surface area contributed by atoms with Gasteiger partial charge >= 0.3 is 0 Å². The predicted molar refractivity (Wildman–Crippen MR) is 160 cm³/mol. The van der Waals surface area contributed by atoms with Gasteiger partial charge in [0.1, 0.15) is 0 Å². The molecule has 0 amide bonds. The van der Waals surface area contributed by atoms with Gasteiger partial charge in [0.2, 0.25) is 0 Å². The van der Waals surface area contributed by atoms with E-state index in [1.54, 1.807) is 11.5 Å². The van der Waals surface area contributed by atoms with E-state index in [-0.39, 0.29) is 10.8 Å². The van der Waals surface area contributed by atoms with Crippen LogP contribution >= 0.6 is 0 Å². The summed E-state index contributed by atoms with van der Waals surface area (Å²) in [5, 5.41) is 2.64. The molecule has 0 aliphatic heterocycles. The molecule has 1 atom stereocenters. The summed E-state index contributed by atoms with van der Waals surface area (Å²) in [6.45, 7) is 11.6. The van der Waals surface area contributed by atoms with Crippen LogP contribution in [0.25, 0.3) is 11.3 Å². The summed E-state index contributed by atoms with van der Waals surface area (Å²) in [6, 6.07) is 30.2. The molecule has 0 aliphatic rings. The smallest absolute Gasteiger partial charge is 0.261 e. The highest BCUT2D eigenvalue weighted by molar-refractivity contribution is 6.99. The zero-order valence-electron chi connectivity index (χ0n) is 23.6. The number of Topliss-reactive ketones (excluding diaryl/α,β-unsaturated/α-hetero) is 1. The second-order valence-corrected chi connectivity index (χ2v) is 15.7. The molecule has 1 aromatic heterocycles. The van der Waals surface area contributed by atoms with Gasteiger partial charge in [-0.05, 0) is 39.7 Å². The van der Waals surface area contributed by atoms with Crippen LogP contribution in [0.3, 0.4) is 0 Å². The number of carbonyl (C=O) groups excluding carboxylic acids is 1. The minimum atomic E-state index is -2.50. The molecule has 0 saturated heterocycles.